The highest BCUT2D eigenvalue weighted by Crippen LogP contribution is 2.23. The van der Waals surface area contributed by atoms with Gasteiger partial charge in [0.1, 0.15) is 0 Å². The van der Waals surface area contributed by atoms with Crippen LogP contribution in [0.4, 0.5) is 0 Å². The van der Waals surface area contributed by atoms with Crippen molar-refractivity contribution >= 4 is 27.5 Å². The quantitative estimate of drug-likeness (QED) is 0.699. The van der Waals surface area contributed by atoms with Crippen LogP contribution in [0.25, 0.3) is 0 Å². The SMILES string of the molecule is CCCC(NCc1cc(Br)ccc1Cl)c1ccccc1. The molecule has 2 aromatic rings. The molecule has 2 rings (SSSR count). The molecule has 2 aromatic carbocycles. The van der Waals surface area contributed by atoms with Gasteiger partial charge in [0.25, 0.3) is 0 Å². The summed E-state index contributed by atoms with van der Waals surface area (Å²) in [6.45, 7) is 2.99. The van der Waals surface area contributed by atoms with Crippen molar-refractivity contribution in [2.45, 2.75) is 32.4 Å². The Kier molecular flexibility index (Phi) is 6.08. The van der Waals surface area contributed by atoms with Gasteiger partial charge in [-0.2, -0.15) is 0 Å². The molecule has 0 aromatic heterocycles. The van der Waals surface area contributed by atoms with Crippen LogP contribution >= 0.6 is 27.5 Å². The second-order valence-electron chi connectivity index (χ2n) is 4.87. The zero-order valence-corrected chi connectivity index (χ0v) is 13.9. The number of rotatable bonds is 6. The second kappa shape index (κ2) is 7.82. The van der Waals surface area contributed by atoms with Crippen LogP contribution in [0.15, 0.2) is 53.0 Å². The fraction of sp³-hybridized carbons (Fsp3) is 0.294. The fourth-order valence-corrected chi connectivity index (χ4v) is 2.87. The first kappa shape index (κ1) is 15.6. The van der Waals surface area contributed by atoms with Gasteiger partial charge in [0.2, 0.25) is 0 Å². The van der Waals surface area contributed by atoms with Crippen molar-refractivity contribution in [2.24, 2.45) is 0 Å². The Morgan fingerprint density at radius 3 is 2.60 bits per heavy atom. The first-order valence-electron chi connectivity index (χ1n) is 6.93. The zero-order chi connectivity index (χ0) is 14.4. The zero-order valence-electron chi connectivity index (χ0n) is 11.6. The summed E-state index contributed by atoms with van der Waals surface area (Å²) in [6.07, 6.45) is 2.27. The normalized spacial score (nSPS) is 12.3. The van der Waals surface area contributed by atoms with Crippen molar-refractivity contribution < 1.29 is 0 Å². The van der Waals surface area contributed by atoms with E-state index in [1.165, 1.54) is 5.56 Å². The predicted molar refractivity (Wildman–Crippen MR) is 90.1 cm³/mol. The first-order chi connectivity index (χ1) is 9.70. The van der Waals surface area contributed by atoms with Gasteiger partial charge in [0, 0.05) is 22.1 Å². The molecule has 3 heteroatoms. The molecule has 0 aliphatic carbocycles. The summed E-state index contributed by atoms with van der Waals surface area (Å²) in [5.74, 6) is 0. The predicted octanol–water partition coefficient (Wildman–Crippen LogP) is 5.73. The molecule has 1 unspecified atom stereocenters. The van der Waals surface area contributed by atoms with Crippen molar-refractivity contribution in [3.05, 3.63) is 69.2 Å². The minimum atomic E-state index is 0.372. The molecule has 1 N–H and O–H groups in total. The molecule has 1 atom stereocenters. The van der Waals surface area contributed by atoms with Gasteiger partial charge >= 0.3 is 0 Å². The lowest BCUT2D eigenvalue weighted by Gasteiger charge is -2.19. The Labute approximate surface area is 134 Å². The largest absolute Gasteiger partial charge is 0.306 e. The highest BCUT2D eigenvalue weighted by Gasteiger charge is 2.10. The topological polar surface area (TPSA) is 12.0 Å². The number of hydrogen-bond acceptors (Lipinski definition) is 1. The van der Waals surface area contributed by atoms with E-state index in [1.807, 2.05) is 12.1 Å². The third kappa shape index (κ3) is 4.34. The molecule has 0 saturated carbocycles. The van der Waals surface area contributed by atoms with Crippen molar-refractivity contribution in [1.82, 2.24) is 5.32 Å². The molecule has 20 heavy (non-hydrogen) atoms. The van der Waals surface area contributed by atoms with E-state index in [4.69, 9.17) is 11.6 Å². The van der Waals surface area contributed by atoms with E-state index in [9.17, 15) is 0 Å². The summed E-state index contributed by atoms with van der Waals surface area (Å²) in [5.41, 5.74) is 2.46. The molecule has 1 nitrogen and oxygen atoms in total. The van der Waals surface area contributed by atoms with E-state index in [0.29, 0.717) is 6.04 Å². The molecular formula is C17H19BrClN. The summed E-state index contributed by atoms with van der Waals surface area (Å²) < 4.78 is 1.06. The minimum Gasteiger partial charge on any atom is -0.306 e. The highest BCUT2D eigenvalue weighted by molar-refractivity contribution is 9.10. The van der Waals surface area contributed by atoms with Gasteiger partial charge in [-0.15, -0.1) is 0 Å². The lowest BCUT2D eigenvalue weighted by Crippen LogP contribution is -2.21. The van der Waals surface area contributed by atoms with Gasteiger partial charge in [-0.05, 0) is 35.7 Å². The van der Waals surface area contributed by atoms with Crippen LogP contribution < -0.4 is 5.32 Å². The Bertz CT molecular complexity index is 542. The maximum Gasteiger partial charge on any atom is 0.0451 e. The van der Waals surface area contributed by atoms with Crippen LogP contribution in [-0.4, -0.2) is 0 Å². The lowest BCUT2D eigenvalue weighted by molar-refractivity contribution is 0.493. The van der Waals surface area contributed by atoms with Gasteiger partial charge < -0.3 is 5.32 Å². The standard InChI is InChI=1S/C17H19BrClN/c1-2-6-17(13-7-4-3-5-8-13)20-12-14-11-15(18)9-10-16(14)19/h3-5,7-11,17,20H,2,6,12H2,1H3. The number of nitrogens with one attached hydrogen (secondary N) is 1. The highest BCUT2D eigenvalue weighted by atomic mass is 79.9. The van der Waals surface area contributed by atoms with E-state index in [2.05, 4.69) is 64.6 Å². The molecule has 0 aliphatic heterocycles. The molecule has 0 spiro atoms. The van der Waals surface area contributed by atoms with Crippen molar-refractivity contribution in [3.63, 3.8) is 0 Å². The molecule has 0 bridgehead atoms. The van der Waals surface area contributed by atoms with Crippen LogP contribution in [0.5, 0.6) is 0 Å². The van der Waals surface area contributed by atoms with Crippen LogP contribution in [0, 0.1) is 0 Å². The Morgan fingerprint density at radius 1 is 1.15 bits per heavy atom. The average Bonchev–Trinajstić information content (AvgIpc) is 2.47. The molecular weight excluding hydrogens is 334 g/mol. The summed E-state index contributed by atoms with van der Waals surface area (Å²) in [4.78, 5) is 0. The Morgan fingerprint density at radius 2 is 1.90 bits per heavy atom. The lowest BCUT2D eigenvalue weighted by atomic mass is 10.0. The van der Waals surface area contributed by atoms with Gasteiger partial charge in [-0.25, -0.2) is 0 Å². The first-order valence-corrected chi connectivity index (χ1v) is 8.10. The van der Waals surface area contributed by atoms with E-state index in [-0.39, 0.29) is 0 Å². The van der Waals surface area contributed by atoms with Gasteiger partial charge in [-0.3, -0.25) is 0 Å². The van der Waals surface area contributed by atoms with E-state index >= 15 is 0 Å². The van der Waals surface area contributed by atoms with E-state index < -0.39 is 0 Å². The Balaban J connectivity index is 2.07. The third-order valence-corrected chi connectivity index (χ3v) is 4.19. The summed E-state index contributed by atoms with van der Waals surface area (Å²) in [7, 11) is 0. The van der Waals surface area contributed by atoms with Gasteiger partial charge in [0.15, 0.2) is 0 Å². The Hall–Kier alpha value is -0.830. The summed E-state index contributed by atoms with van der Waals surface area (Å²) >= 11 is 9.73. The minimum absolute atomic E-state index is 0.372. The second-order valence-corrected chi connectivity index (χ2v) is 6.19. The molecule has 0 saturated heterocycles. The number of benzene rings is 2. The van der Waals surface area contributed by atoms with Crippen molar-refractivity contribution in [3.8, 4) is 0 Å². The monoisotopic (exact) mass is 351 g/mol. The van der Waals surface area contributed by atoms with Crippen LogP contribution in [0.2, 0.25) is 5.02 Å². The van der Waals surface area contributed by atoms with E-state index in [0.717, 1.165) is 34.4 Å². The van der Waals surface area contributed by atoms with Gasteiger partial charge in [-0.1, -0.05) is 71.2 Å². The molecule has 106 valence electrons. The fourth-order valence-electron chi connectivity index (χ4n) is 2.27. The number of halogens is 2. The smallest absolute Gasteiger partial charge is 0.0451 e. The van der Waals surface area contributed by atoms with E-state index in [1.54, 1.807) is 0 Å². The maximum absolute atomic E-state index is 6.24. The average molecular weight is 353 g/mol. The van der Waals surface area contributed by atoms with Crippen LogP contribution in [0.1, 0.15) is 36.9 Å². The molecule has 0 aliphatic rings. The number of hydrogen-bond donors (Lipinski definition) is 1. The third-order valence-electron chi connectivity index (χ3n) is 3.33. The molecule has 0 amide bonds. The van der Waals surface area contributed by atoms with Crippen LogP contribution in [-0.2, 0) is 6.54 Å². The van der Waals surface area contributed by atoms with Gasteiger partial charge in [0.05, 0.1) is 0 Å². The van der Waals surface area contributed by atoms with Crippen molar-refractivity contribution in [1.29, 1.82) is 0 Å². The maximum atomic E-state index is 6.24. The van der Waals surface area contributed by atoms with Crippen molar-refractivity contribution in [2.75, 3.05) is 0 Å². The molecule has 0 radical (unpaired) electrons. The summed E-state index contributed by atoms with van der Waals surface area (Å²) in [6, 6.07) is 16.9. The molecule has 0 fully saturated rings. The molecule has 0 heterocycles. The van der Waals surface area contributed by atoms with Crippen LogP contribution in [0.3, 0.4) is 0 Å². The summed E-state index contributed by atoms with van der Waals surface area (Å²) in [5, 5.41) is 4.43.